The normalized spacial score (nSPS) is 17.8. The summed E-state index contributed by atoms with van der Waals surface area (Å²) in [6, 6.07) is 8.69. The smallest absolute Gasteiger partial charge is 0.232 e. The highest BCUT2D eigenvalue weighted by Crippen LogP contribution is 2.17. The molecule has 0 spiro atoms. The fourth-order valence-corrected chi connectivity index (χ4v) is 4.52. The zero-order valence-corrected chi connectivity index (χ0v) is 18.8. The molecule has 7 nitrogen and oxygen atoms in total. The van der Waals surface area contributed by atoms with Gasteiger partial charge in [0, 0.05) is 51.5 Å². The van der Waals surface area contributed by atoms with Gasteiger partial charge < -0.3 is 19.9 Å². The second-order valence-corrected chi connectivity index (χ2v) is 8.84. The van der Waals surface area contributed by atoms with Crippen LogP contribution >= 0.6 is 11.8 Å². The quantitative estimate of drug-likeness (QED) is 0.590. The lowest BCUT2D eigenvalue weighted by Crippen LogP contribution is -2.47. The Labute approximate surface area is 184 Å². The van der Waals surface area contributed by atoms with Crippen molar-refractivity contribution < 1.29 is 14.3 Å². The summed E-state index contributed by atoms with van der Waals surface area (Å²) in [5, 5.41) is 2.97. The number of nitrogens with zero attached hydrogens (tertiary/aromatic N) is 3. The van der Waals surface area contributed by atoms with Crippen LogP contribution in [0.5, 0.6) is 0 Å². The van der Waals surface area contributed by atoms with Crippen molar-refractivity contribution >= 4 is 29.3 Å². The lowest BCUT2D eigenvalue weighted by atomic mass is 10.2. The number of rotatable bonds is 9. The Bertz CT molecular complexity index is 689. The molecule has 2 aliphatic heterocycles. The topological polar surface area (TPSA) is 65.1 Å². The minimum Gasteiger partial charge on any atom is -0.378 e. The molecular weight excluding hydrogens is 400 g/mol. The van der Waals surface area contributed by atoms with Gasteiger partial charge in [0.15, 0.2) is 0 Å². The third-order valence-corrected chi connectivity index (χ3v) is 6.45. The number of anilines is 1. The average molecular weight is 435 g/mol. The number of hydrogen-bond donors (Lipinski definition) is 1. The average Bonchev–Trinajstić information content (AvgIpc) is 2.77. The zero-order chi connectivity index (χ0) is 21.2. The number of nitrogens with one attached hydrogen (secondary N) is 1. The number of benzene rings is 1. The van der Waals surface area contributed by atoms with E-state index < -0.39 is 0 Å². The van der Waals surface area contributed by atoms with Crippen LogP contribution in [0.15, 0.2) is 24.3 Å². The molecule has 2 saturated heterocycles. The summed E-state index contributed by atoms with van der Waals surface area (Å²) in [7, 11) is 0. The van der Waals surface area contributed by atoms with Gasteiger partial charge in [-0.1, -0.05) is 12.1 Å². The molecular formula is C22H34N4O3S. The highest BCUT2D eigenvalue weighted by molar-refractivity contribution is 8.00. The molecule has 1 aromatic rings. The molecule has 0 saturated carbocycles. The van der Waals surface area contributed by atoms with E-state index in [1.165, 1.54) is 23.0 Å². The van der Waals surface area contributed by atoms with Gasteiger partial charge in [0.1, 0.15) is 0 Å². The molecule has 0 unspecified atom stereocenters. The maximum absolute atomic E-state index is 12.1. The number of carbonyl (C=O) groups excluding carboxylic acids is 2. The van der Waals surface area contributed by atoms with Gasteiger partial charge in [0.05, 0.1) is 24.7 Å². The number of hydrogen-bond acceptors (Lipinski definition) is 6. The van der Waals surface area contributed by atoms with Crippen LogP contribution in [0, 0.1) is 6.92 Å². The lowest BCUT2D eigenvalue weighted by Gasteiger charge is -2.36. The predicted molar refractivity (Wildman–Crippen MR) is 122 cm³/mol. The van der Waals surface area contributed by atoms with Crippen LogP contribution in [0.2, 0.25) is 0 Å². The van der Waals surface area contributed by atoms with Crippen molar-refractivity contribution in [2.75, 3.05) is 82.0 Å². The molecule has 0 atom stereocenters. The largest absolute Gasteiger partial charge is 0.378 e. The van der Waals surface area contributed by atoms with Crippen molar-refractivity contribution in [3.8, 4) is 0 Å². The van der Waals surface area contributed by atoms with Gasteiger partial charge in [-0.3, -0.25) is 14.5 Å². The van der Waals surface area contributed by atoms with E-state index in [1.54, 1.807) is 0 Å². The van der Waals surface area contributed by atoms with Gasteiger partial charge in [-0.15, -0.1) is 11.8 Å². The summed E-state index contributed by atoms with van der Waals surface area (Å²) in [4.78, 5) is 30.8. The summed E-state index contributed by atoms with van der Waals surface area (Å²) in [6.07, 6.45) is 0.952. The van der Waals surface area contributed by atoms with Crippen LogP contribution in [-0.4, -0.2) is 98.7 Å². The number of piperazine rings is 1. The number of ether oxygens (including phenoxy) is 1. The van der Waals surface area contributed by atoms with Gasteiger partial charge in [0.25, 0.3) is 0 Å². The standard InChI is InChI=1S/C22H34N4O3S/c1-19-4-2-5-20(16-19)25-10-8-24(9-11-25)7-3-6-23-21(27)17-30-18-22(28)26-12-14-29-15-13-26/h2,4-5,16H,3,6-15,17-18H2,1H3,(H,23,27). The van der Waals surface area contributed by atoms with E-state index in [1.807, 2.05) is 4.90 Å². The molecule has 30 heavy (non-hydrogen) atoms. The van der Waals surface area contributed by atoms with E-state index in [2.05, 4.69) is 46.3 Å². The lowest BCUT2D eigenvalue weighted by molar-refractivity contribution is -0.132. The van der Waals surface area contributed by atoms with Crippen LogP contribution < -0.4 is 10.2 Å². The van der Waals surface area contributed by atoms with Crippen LogP contribution in [0.1, 0.15) is 12.0 Å². The fourth-order valence-electron chi connectivity index (χ4n) is 3.77. The molecule has 2 fully saturated rings. The Morgan fingerprint density at radius 1 is 1.07 bits per heavy atom. The maximum atomic E-state index is 12.1. The molecule has 1 aromatic carbocycles. The molecule has 2 amide bonds. The summed E-state index contributed by atoms with van der Waals surface area (Å²) in [6.45, 7) is 10.6. The number of thioether (sulfide) groups is 1. The van der Waals surface area contributed by atoms with Crippen LogP contribution in [0.3, 0.4) is 0 Å². The molecule has 166 valence electrons. The van der Waals surface area contributed by atoms with E-state index in [0.717, 1.165) is 39.1 Å². The van der Waals surface area contributed by atoms with Crippen molar-refractivity contribution in [3.63, 3.8) is 0 Å². The van der Waals surface area contributed by atoms with Gasteiger partial charge in [-0.05, 0) is 37.6 Å². The third kappa shape index (κ3) is 7.49. The van der Waals surface area contributed by atoms with Gasteiger partial charge in [-0.2, -0.15) is 0 Å². The number of carbonyl (C=O) groups is 2. The highest BCUT2D eigenvalue weighted by atomic mass is 32.2. The summed E-state index contributed by atoms with van der Waals surface area (Å²) < 4.78 is 5.25. The predicted octanol–water partition coefficient (Wildman–Crippen LogP) is 1.22. The van der Waals surface area contributed by atoms with Crippen molar-refractivity contribution in [1.29, 1.82) is 0 Å². The third-order valence-electron chi connectivity index (χ3n) is 5.53. The molecule has 2 heterocycles. The van der Waals surface area contributed by atoms with Crippen molar-refractivity contribution in [3.05, 3.63) is 29.8 Å². The second kappa shape index (κ2) is 12.2. The van der Waals surface area contributed by atoms with E-state index in [4.69, 9.17) is 4.74 Å². The highest BCUT2D eigenvalue weighted by Gasteiger charge is 2.18. The molecule has 0 bridgehead atoms. The first kappa shape index (κ1) is 22.9. The summed E-state index contributed by atoms with van der Waals surface area (Å²) >= 11 is 1.39. The van der Waals surface area contributed by atoms with Crippen molar-refractivity contribution in [2.24, 2.45) is 0 Å². The van der Waals surface area contributed by atoms with Gasteiger partial charge in [0.2, 0.25) is 11.8 Å². The first-order chi connectivity index (χ1) is 14.6. The van der Waals surface area contributed by atoms with E-state index in [0.29, 0.717) is 44.4 Å². The van der Waals surface area contributed by atoms with Crippen LogP contribution in [0.4, 0.5) is 5.69 Å². The van der Waals surface area contributed by atoms with E-state index >= 15 is 0 Å². The first-order valence-electron chi connectivity index (χ1n) is 10.9. The Morgan fingerprint density at radius 2 is 1.83 bits per heavy atom. The fraction of sp³-hybridized carbons (Fsp3) is 0.636. The molecule has 1 N–H and O–H groups in total. The molecule has 8 heteroatoms. The Hall–Kier alpha value is -1.77. The first-order valence-corrected chi connectivity index (χ1v) is 12.0. The monoisotopic (exact) mass is 434 g/mol. The minimum atomic E-state index is 0.0130. The molecule has 0 aliphatic carbocycles. The summed E-state index contributed by atoms with van der Waals surface area (Å²) in [5.41, 5.74) is 2.61. The van der Waals surface area contributed by atoms with Gasteiger partial charge >= 0.3 is 0 Å². The minimum absolute atomic E-state index is 0.0130. The van der Waals surface area contributed by atoms with E-state index in [9.17, 15) is 9.59 Å². The van der Waals surface area contributed by atoms with Crippen LogP contribution in [0.25, 0.3) is 0 Å². The maximum Gasteiger partial charge on any atom is 0.232 e. The Morgan fingerprint density at radius 3 is 2.57 bits per heavy atom. The SMILES string of the molecule is Cc1cccc(N2CCN(CCCNC(=O)CSCC(=O)N3CCOCC3)CC2)c1. The molecule has 2 aliphatic rings. The van der Waals surface area contributed by atoms with Gasteiger partial charge in [-0.25, -0.2) is 0 Å². The van der Waals surface area contributed by atoms with Crippen molar-refractivity contribution in [1.82, 2.24) is 15.1 Å². The molecule has 3 rings (SSSR count). The molecule has 0 radical (unpaired) electrons. The van der Waals surface area contributed by atoms with E-state index in [-0.39, 0.29) is 11.8 Å². The summed E-state index contributed by atoms with van der Waals surface area (Å²) in [5.74, 6) is 0.809. The van der Waals surface area contributed by atoms with Crippen molar-refractivity contribution in [2.45, 2.75) is 13.3 Å². The molecule has 0 aromatic heterocycles. The zero-order valence-electron chi connectivity index (χ0n) is 18.0. The number of aryl methyl sites for hydroxylation is 1. The Balaban J connectivity index is 1.21. The second-order valence-electron chi connectivity index (χ2n) is 7.86. The Kier molecular flexibility index (Phi) is 9.29. The van der Waals surface area contributed by atoms with Crippen LogP contribution in [-0.2, 0) is 14.3 Å². The number of morpholine rings is 1. The number of amides is 2.